The maximum atomic E-state index is 13.4. The van der Waals surface area contributed by atoms with E-state index in [1.165, 1.54) is 0 Å². The quantitative estimate of drug-likeness (QED) is 0.267. The van der Waals surface area contributed by atoms with Crippen molar-refractivity contribution in [1.29, 1.82) is 0 Å². The largest absolute Gasteiger partial charge is 0.460 e. The zero-order valence-corrected chi connectivity index (χ0v) is 19.2. The van der Waals surface area contributed by atoms with Crippen LogP contribution in [0.2, 0.25) is 0 Å². The maximum Gasteiger partial charge on any atom is 0.333 e. The average molecular weight is 463 g/mol. The number of carbonyl (C=O) groups excluding carboxylic acids is 4. The smallest absolute Gasteiger partial charge is 0.333 e. The molecule has 2 aromatic carbocycles. The van der Waals surface area contributed by atoms with Crippen molar-refractivity contribution in [2.24, 2.45) is 0 Å². The molecule has 34 heavy (non-hydrogen) atoms. The Hall–Kier alpha value is -4.20. The zero-order valence-electron chi connectivity index (χ0n) is 19.2. The van der Waals surface area contributed by atoms with E-state index in [9.17, 15) is 19.2 Å². The Morgan fingerprint density at radius 2 is 1.12 bits per heavy atom. The number of ketones is 2. The number of fused-ring (bicyclic) bond motifs is 2. The molecule has 1 aliphatic carbocycles. The van der Waals surface area contributed by atoms with Crippen LogP contribution in [0.15, 0.2) is 60.7 Å². The van der Waals surface area contributed by atoms with Gasteiger partial charge in [-0.1, -0.05) is 37.4 Å². The SMILES string of the molecule is C=C(C)C(=O)OCCNc1cccc2c1C(=O)c1cccc(NCCOC(=O)C(=C)C)c1C2=O. The summed E-state index contributed by atoms with van der Waals surface area (Å²) >= 11 is 0. The second-order valence-corrected chi connectivity index (χ2v) is 7.80. The first-order valence-electron chi connectivity index (χ1n) is 10.7. The molecule has 0 aliphatic heterocycles. The first-order valence-corrected chi connectivity index (χ1v) is 10.7. The van der Waals surface area contributed by atoms with E-state index >= 15 is 0 Å². The highest BCUT2D eigenvalue weighted by atomic mass is 16.5. The number of nitrogens with one attached hydrogen (secondary N) is 2. The van der Waals surface area contributed by atoms with Gasteiger partial charge in [-0.25, -0.2) is 9.59 Å². The summed E-state index contributed by atoms with van der Waals surface area (Å²) in [4.78, 5) is 49.8. The van der Waals surface area contributed by atoms with E-state index in [-0.39, 0.29) is 60.1 Å². The molecule has 0 saturated heterocycles. The molecule has 8 heteroatoms. The van der Waals surface area contributed by atoms with E-state index in [4.69, 9.17) is 9.47 Å². The summed E-state index contributed by atoms with van der Waals surface area (Å²) in [5, 5.41) is 6.15. The van der Waals surface area contributed by atoms with Crippen molar-refractivity contribution in [2.45, 2.75) is 13.8 Å². The van der Waals surface area contributed by atoms with Crippen molar-refractivity contribution in [2.75, 3.05) is 36.9 Å². The minimum Gasteiger partial charge on any atom is -0.460 e. The lowest BCUT2D eigenvalue weighted by molar-refractivity contribution is -0.139. The lowest BCUT2D eigenvalue weighted by Gasteiger charge is -2.23. The summed E-state index contributed by atoms with van der Waals surface area (Å²) in [6.45, 7) is 10.8. The molecule has 0 radical (unpaired) electrons. The van der Waals surface area contributed by atoms with Crippen LogP contribution in [0.3, 0.4) is 0 Å². The molecule has 0 atom stereocenters. The summed E-state index contributed by atoms with van der Waals surface area (Å²) in [6.07, 6.45) is 0. The van der Waals surface area contributed by atoms with Gasteiger partial charge < -0.3 is 20.1 Å². The van der Waals surface area contributed by atoms with Crippen LogP contribution >= 0.6 is 0 Å². The second-order valence-electron chi connectivity index (χ2n) is 7.80. The summed E-state index contributed by atoms with van der Waals surface area (Å²) < 4.78 is 10.1. The predicted molar refractivity (Wildman–Crippen MR) is 128 cm³/mol. The fraction of sp³-hybridized carbons (Fsp3) is 0.231. The van der Waals surface area contributed by atoms with E-state index in [2.05, 4.69) is 23.8 Å². The van der Waals surface area contributed by atoms with Gasteiger partial charge in [0.15, 0.2) is 11.6 Å². The van der Waals surface area contributed by atoms with Crippen molar-refractivity contribution in [3.63, 3.8) is 0 Å². The van der Waals surface area contributed by atoms with Crippen molar-refractivity contribution >= 4 is 34.9 Å². The van der Waals surface area contributed by atoms with Crippen molar-refractivity contribution in [3.8, 4) is 0 Å². The highest BCUT2D eigenvalue weighted by Gasteiger charge is 2.33. The van der Waals surface area contributed by atoms with E-state index < -0.39 is 11.9 Å². The lowest BCUT2D eigenvalue weighted by Crippen LogP contribution is -2.25. The Morgan fingerprint density at radius 1 is 0.735 bits per heavy atom. The Balaban J connectivity index is 1.77. The lowest BCUT2D eigenvalue weighted by atomic mass is 9.82. The van der Waals surface area contributed by atoms with Gasteiger partial charge in [0.05, 0.1) is 11.1 Å². The van der Waals surface area contributed by atoms with Crippen LogP contribution in [-0.2, 0) is 19.1 Å². The molecular formula is C26H26N2O6. The molecule has 0 fully saturated rings. The first-order chi connectivity index (χ1) is 16.2. The summed E-state index contributed by atoms with van der Waals surface area (Å²) in [7, 11) is 0. The second kappa shape index (κ2) is 10.6. The summed E-state index contributed by atoms with van der Waals surface area (Å²) in [6, 6.07) is 9.99. The number of ether oxygens (including phenoxy) is 2. The summed E-state index contributed by atoms with van der Waals surface area (Å²) in [5.41, 5.74) is 2.68. The molecule has 0 amide bonds. The van der Waals surface area contributed by atoms with Gasteiger partial charge in [-0.2, -0.15) is 0 Å². The van der Waals surface area contributed by atoms with Gasteiger partial charge >= 0.3 is 11.9 Å². The van der Waals surface area contributed by atoms with E-state index in [0.29, 0.717) is 22.5 Å². The molecule has 2 aromatic rings. The standard InChI is InChI=1S/C26H26N2O6/c1-15(2)25(31)33-13-11-27-19-9-5-7-17-21(19)23(29)18-8-6-10-20(22(18)24(17)30)28-12-14-34-26(32)16(3)4/h5-10,27-28H,1,3,11-14H2,2,4H3. The molecule has 1 aliphatic rings. The highest BCUT2D eigenvalue weighted by Crippen LogP contribution is 2.35. The van der Waals surface area contributed by atoms with Crippen LogP contribution in [0.25, 0.3) is 0 Å². The third-order valence-corrected chi connectivity index (χ3v) is 5.07. The maximum absolute atomic E-state index is 13.4. The van der Waals surface area contributed by atoms with Gasteiger partial charge in [-0.3, -0.25) is 9.59 Å². The molecule has 2 N–H and O–H groups in total. The monoisotopic (exact) mass is 462 g/mol. The number of hydrogen-bond donors (Lipinski definition) is 2. The third-order valence-electron chi connectivity index (χ3n) is 5.07. The average Bonchev–Trinajstić information content (AvgIpc) is 2.82. The van der Waals surface area contributed by atoms with Gasteiger partial charge in [0.1, 0.15) is 13.2 Å². The minimum atomic E-state index is -0.494. The number of esters is 2. The highest BCUT2D eigenvalue weighted by molar-refractivity contribution is 6.31. The number of hydrogen-bond acceptors (Lipinski definition) is 8. The Kier molecular flexibility index (Phi) is 7.63. The molecule has 0 heterocycles. The Morgan fingerprint density at radius 3 is 1.47 bits per heavy atom. The fourth-order valence-electron chi connectivity index (χ4n) is 3.44. The van der Waals surface area contributed by atoms with Crippen molar-refractivity contribution in [1.82, 2.24) is 0 Å². The molecule has 176 valence electrons. The van der Waals surface area contributed by atoms with Gasteiger partial charge in [0.25, 0.3) is 0 Å². The van der Waals surface area contributed by atoms with Crippen LogP contribution in [0.1, 0.15) is 45.7 Å². The number of benzene rings is 2. The molecular weight excluding hydrogens is 436 g/mol. The molecule has 0 spiro atoms. The van der Waals surface area contributed by atoms with Crippen LogP contribution in [0.5, 0.6) is 0 Å². The molecule has 3 rings (SSSR count). The zero-order chi connectivity index (χ0) is 24.8. The van der Waals surface area contributed by atoms with Gasteiger partial charge in [-0.05, 0) is 26.0 Å². The van der Waals surface area contributed by atoms with Crippen LogP contribution in [0.4, 0.5) is 11.4 Å². The molecule has 0 unspecified atom stereocenters. The predicted octanol–water partition coefficient (Wildman–Crippen LogP) is 3.52. The Bertz CT molecular complexity index is 1100. The van der Waals surface area contributed by atoms with Crippen LogP contribution in [-0.4, -0.2) is 49.8 Å². The van der Waals surface area contributed by atoms with Crippen LogP contribution < -0.4 is 10.6 Å². The molecule has 0 saturated carbocycles. The normalized spacial score (nSPS) is 11.7. The molecule has 0 bridgehead atoms. The Labute approximate surface area is 197 Å². The van der Waals surface area contributed by atoms with Gasteiger partial charge in [0.2, 0.25) is 0 Å². The fourth-order valence-corrected chi connectivity index (χ4v) is 3.44. The van der Waals surface area contributed by atoms with Crippen molar-refractivity contribution < 1.29 is 28.7 Å². The number of carbonyl (C=O) groups is 4. The van der Waals surface area contributed by atoms with Crippen molar-refractivity contribution in [3.05, 3.63) is 83.0 Å². The number of anilines is 2. The topological polar surface area (TPSA) is 111 Å². The van der Waals surface area contributed by atoms with Gasteiger partial charge in [-0.15, -0.1) is 0 Å². The molecule has 0 aromatic heterocycles. The van der Waals surface area contributed by atoms with E-state index in [0.717, 1.165) is 0 Å². The van der Waals surface area contributed by atoms with E-state index in [1.807, 2.05) is 0 Å². The number of rotatable bonds is 10. The molecule has 8 nitrogen and oxygen atoms in total. The summed E-state index contributed by atoms with van der Waals surface area (Å²) in [5.74, 6) is -1.56. The van der Waals surface area contributed by atoms with E-state index in [1.54, 1.807) is 50.2 Å². The minimum absolute atomic E-state index is 0.0815. The third kappa shape index (κ3) is 5.23. The van der Waals surface area contributed by atoms with Crippen LogP contribution in [0, 0.1) is 0 Å². The van der Waals surface area contributed by atoms with Gasteiger partial charge in [0, 0.05) is 46.7 Å². The first kappa shape index (κ1) is 24.4.